The molecular formula is C13H16ClF3N4O. The molecule has 1 saturated heterocycles. The topological polar surface area (TPSA) is 71.2 Å². The summed E-state index contributed by atoms with van der Waals surface area (Å²) < 4.78 is 37.8. The van der Waals surface area contributed by atoms with E-state index in [-0.39, 0.29) is 29.9 Å². The van der Waals surface area contributed by atoms with E-state index >= 15 is 0 Å². The van der Waals surface area contributed by atoms with E-state index in [2.05, 4.69) is 10.3 Å². The average Bonchev–Trinajstić information content (AvgIpc) is 2.86. The fourth-order valence-corrected chi connectivity index (χ4v) is 2.61. The number of hydrogen-bond donors (Lipinski definition) is 2. The summed E-state index contributed by atoms with van der Waals surface area (Å²) in [5, 5.41) is 2.77. The van der Waals surface area contributed by atoms with Gasteiger partial charge in [-0.25, -0.2) is 4.98 Å². The molecule has 0 aromatic carbocycles. The van der Waals surface area contributed by atoms with Crippen molar-refractivity contribution < 1.29 is 18.0 Å². The molecule has 1 aromatic rings. The lowest BCUT2D eigenvalue weighted by molar-refractivity contribution is -0.137. The number of amides is 1. The lowest BCUT2D eigenvalue weighted by Crippen LogP contribution is -2.38. The monoisotopic (exact) mass is 336 g/mol. The summed E-state index contributed by atoms with van der Waals surface area (Å²) in [6.07, 6.45) is -2.79. The van der Waals surface area contributed by atoms with Crippen molar-refractivity contribution >= 4 is 23.3 Å². The third kappa shape index (κ3) is 4.01. The Kier molecular flexibility index (Phi) is 5.12. The third-order valence-electron chi connectivity index (χ3n) is 3.37. The second-order valence-electron chi connectivity index (χ2n) is 5.06. The van der Waals surface area contributed by atoms with Gasteiger partial charge in [-0.1, -0.05) is 11.6 Å². The van der Waals surface area contributed by atoms with Crippen LogP contribution in [0.1, 0.15) is 18.4 Å². The Hall–Kier alpha value is -1.54. The lowest BCUT2D eigenvalue weighted by Gasteiger charge is -2.20. The normalized spacial score (nSPS) is 18.6. The molecule has 1 unspecified atom stereocenters. The van der Waals surface area contributed by atoms with Gasteiger partial charge in [0.2, 0.25) is 5.91 Å². The number of nitrogens with zero attached hydrogens (tertiary/aromatic N) is 2. The summed E-state index contributed by atoms with van der Waals surface area (Å²) >= 11 is 5.91. The second-order valence-corrected chi connectivity index (χ2v) is 5.47. The number of halogens is 4. The predicted molar refractivity (Wildman–Crippen MR) is 76.7 cm³/mol. The fraction of sp³-hybridized carbons (Fsp3) is 0.538. The van der Waals surface area contributed by atoms with Crippen molar-refractivity contribution in [2.45, 2.75) is 25.1 Å². The maximum atomic E-state index is 12.6. The van der Waals surface area contributed by atoms with Gasteiger partial charge in [-0.15, -0.1) is 0 Å². The molecule has 2 rings (SSSR count). The number of aromatic nitrogens is 1. The molecule has 0 aliphatic carbocycles. The first-order chi connectivity index (χ1) is 10.3. The van der Waals surface area contributed by atoms with Crippen LogP contribution in [0.2, 0.25) is 5.02 Å². The van der Waals surface area contributed by atoms with Crippen molar-refractivity contribution in [1.29, 1.82) is 0 Å². The summed E-state index contributed by atoms with van der Waals surface area (Å²) in [6, 6.07) is 0.781. The molecule has 0 radical (unpaired) electrons. The Bertz CT molecular complexity index is 553. The quantitative estimate of drug-likeness (QED) is 0.879. The van der Waals surface area contributed by atoms with Crippen LogP contribution in [-0.2, 0) is 11.0 Å². The number of carbonyl (C=O) groups excluding carboxylic acids is 1. The summed E-state index contributed by atoms with van der Waals surface area (Å²) in [4.78, 5) is 17.1. The zero-order valence-corrected chi connectivity index (χ0v) is 12.4. The Labute approximate surface area is 130 Å². The number of alkyl halides is 3. The van der Waals surface area contributed by atoms with Crippen molar-refractivity contribution in [1.82, 2.24) is 10.3 Å². The van der Waals surface area contributed by atoms with Crippen LogP contribution in [0.15, 0.2) is 12.3 Å². The van der Waals surface area contributed by atoms with Crippen LogP contribution in [0, 0.1) is 0 Å². The van der Waals surface area contributed by atoms with Crippen LogP contribution < -0.4 is 16.0 Å². The van der Waals surface area contributed by atoms with E-state index in [9.17, 15) is 18.0 Å². The summed E-state index contributed by atoms with van der Waals surface area (Å²) in [5.41, 5.74) is 4.42. The number of pyridine rings is 1. The first-order valence-corrected chi connectivity index (χ1v) is 7.16. The minimum atomic E-state index is -4.47. The molecule has 1 aliphatic heterocycles. The van der Waals surface area contributed by atoms with Gasteiger partial charge in [-0.2, -0.15) is 13.2 Å². The second kappa shape index (κ2) is 6.70. The van der Waals surface area contributed by atoms with E-state index in [0.29, 0.717) is 25.3 Å². The molecule has 9 heteroatoms. The van der Waals surface area contributed by atoms with Crippen LogP contribution >= 0.6 is 11.6 Å². The van der Waals surface area contributed by atoms with E-state index in [0.717, 1.165) is 12.3 Å². The first kappa shape index (κ1) is 16.8. The highest BCUT2D eigenvalue weighted by atomic mass is 35.5. The largest absolute Gasteiger partial charge is 0.417 e. The maximum absolute atomic E-state index is 12.6. The Morgan fingerprint density at radius 1 is 1.55 bits per heavy atom. The SMILES string of the molecule is NCCC(=O)NC1CCN(c2ncc(C(F)(F)F)cc2Cl)C1. The van der Waals surface area contributed by atoms with E-state index in [4.69, 9.17) is 17.3 Å². The molecule has 0 spiro atoms. The molecule has 1 amide bonds. The van der Waals surface area contributed by atoms with Crippen molar-refractivity contribution in [3.8, 4) is 0 Å². The third-order valence-corrected chi connectivity index (χ3v) is 3.65. The number of rotatable bonds is 4. The van der Waals surface area contributed by atoms with E-state index in [1.165, 1.54) is 0 Å². The van der Waals surface area contributed by atoms with Crippen LogP contribution in [0.25, 0.3) is 0 Å². The smallest absolute Gasteiger partial charge is 0.353 e. The van der Waals surface area contributed by atoms with E-state index < -0.39 is 11.7 Å². The highest BCUT2D eigenvalue weighted by molar-refractivity contribution is 6.33. The molecule has 0 saturated carbocycles. The maximum Gasteiger partial charge on any atom is 0.417 e. The molecule has 1 atom stereocenters. The molecule has 1 aliphatic rings. The van der Waals surface area contributed by atoms with Crippen LogP contribution in [0.4, 0.5) is 19.0 Å². The van der Waals surface area contributed by atoms with Gasteiger partial charge in [0.15, 0.2) is 0 Å². The number of carbonyl (C=O) groups is 1. The van der Waals surface area contributed by atoms with Crippen LogP contribution in [0.3, 0.4) is 0 Å². The lowest BCUT2D eigenvalue weighted by atomic mass is 10.2. The Balaban J connectivity index is 2.03. The summed E-state index contributed by atoms with van der Waals surface area (Å²) in [7, 11) is 0. The Morgan fingerprint density at radius 3 is 2.86 bits per heavy atom. The van der Waals surface area contributed by atoms with Gasteiger partial charge in [0, 0.05) is 38.3 Å². The molecule has 1 fully saturated rings. The van der Waals surface area contributed by atoms with Gasteiger partial charge >= 0.3 is 6.18 Å². The number of nitrogens with one attached hydrogen (secondary N) is 1. The molecule has 0 bridgehead atoms. The standard InChI is InChI=1S/C13H16ClF3N4O/c14-10-5-8(13(15,16)17)6-19-12(10)21-4-2-9(7-21)20-11(22)1-3-18/h5-6,9H,1-4,7,18H2,(H,20,22). The van der Waals surface area contributed by atoms with Gasteiger partial charge in [0.05, 0.1) is 10.6 Å². The van der Waals surface area contributed by atoms with Crippen LogP contribution in [-0.4, -0.2) is 36.6 Å². The fourth-order valence-electron chi connectivity index (χ4n) is 2.32. The molecule has 5 nitrogen and oxygen atoms in total. The number of hydrogen-bond acceptors (Lipinski definition) is 4. The summed E-state index contributed by atoms with van der Waals surface area (Å²) in [6.45, 7) is 1.29. The van der Waals surface area contributed by atoms with E-state index in [1.807, 2.05) is 0 Å². The van der Waals surface area contributed by atoms with Gasteiger partial charge in [0.1, 0.15) is 5.82 Å². The zero-order valence-electron chi connectivity index (χ0n) is 11.7. The highest BCUT2D eigenvalue weighted by Crippen LogP contribution is 2.34. The van der Waals surface area contributed by atoms with Gasteiger partial charge in [0.25, 0.3) is 0 Å². The molecule has 2 heterocycles. The van der Waals surface area contributed by atoms with Crippen molar-refractivity contribution in [2.75, 3.05) is 24.5 Å². The minimum absolute atomic E-state index is 0.0521. The average molecular weight is 337 g/mol. The Morgan fingerprint density at radius 2 is 2.27 bits per heavy atom. The zero-order chi connectivity index (χ0) is 16.3. The summed E-state index contributed by atoms with van der Waals surface area (Å²) in [5.74, 6) is 0.158. The van der Waals surface area contributed by atoms with Crippen LogP contribution in [0.5, 0.6) is 0 Å². The minimum Gasteiger partial charge on any atom is -0.353 e. The van der Waals surface area contributed by atoms with Gasteiger partial charge in [-0.05, 0) is 12.5 Å². The van der Waals surface area contributed by atoms with Crippen molar-refractivity contribution in [3.63, 3.8) is 0 Å². The molecular weight excluding hydrogens is 321 g/mol. The highest BCUT2D eigenvalue weighted by Gasteiger charge is 2.33. The van der Waals surface area contributed by atoms with Crippen molar-refractivity contribution in [2.24, 2.45) is 5.73 Å². The molecule has 1 aromatic heterocycles. The predicted octanol–water partition coefficient (Wildman–Crippen LogP) is 1.80. The number of nitrogens with two attached hydrogens (primary N) is 1. The van der Waals surface area contributed by atoms with Crippen molar-refractivity contribution in [3.05, 3.63) is 22.8 Å². The van der Waals surface area contributed by atoms with Gasteiger partial charge in [-0.3, -0.25) is 4.79 Å². The molecule has 3 N–H and O–H groups in total. The first-order valence-electron chi connectivity index (χ1n) is 6.78. The van der Waals surface area contributed by atoms with Gasteiger partial charge < -0.3 is 16.0 Å². The van der Waals surface area contributed by atoms with E-state index in [1.54, 1.807) is 4.90 Å². The number of anilines is 1. The molecule has 122 valence electrons. The molecule has 22 heavy (non-hydrogen) atoms.